The summed E-state index contributed by atoms with van der Waals surface area (Å²) in [5, 5.41) is 12.7. The van der Waals surface area contributed by atoms with Gasteiger partial charge in [0.1, 0.15) is 11.5 Å². The van der Waals surface area contributed by atoms with Gasteiger partial charge >= 0.3 is 0 Å². The van der Waals surface area contributed by atoms with E-state index in [0.717, 1.165) is 12.8 Å². The molecule has 5 heteroatoms. The van der Waals surface area contributed by atoms with Gasteiger partial charge in [-0.1, -0.05) is 6.42 Å². The molecular formula is C15H20ClNO3. The van der Waals surface area contributed by atoms with Crippen LogP contribution < -0.4 is 10.1 Å². The van der Waals surface area contributed by atoms with Gasteiger partial charge in [-0.05, 0) is 36.8 Å². The van der Waals surface area contributed by atoms with Gasteiger partial charge in [-0.2, -0.15) is 0 Å². The number of halogens is 1. The highest BCUT2D eigenvalue weighted by molar-refractivity contribution is 6.18. The highest BCUT2D eigenvalue weighted by atomic mass is 35.5. The number of methoxy groups -OCH3 is 1. The van der Waals surface area contributed by atoms with Crippen LogP contribution in [-0.4, -0.2) is 30.5 Å². The average molecular weight is 298 g/mol. The third-order valence-corrected chi connectivity index (χ3v) is 4.39. The summed E-state index contributed by atoms with van der Waals surface area (Å²) in [6.45, 7) is 0.613. The van der Waals surface area contributed by atoms with E-state index in [1.54, 1.807) is 12.1 Å². The molecule has 1 amide bonds. The number of phenols is 1. The van der Waals surface area contributed by atoms with Gasteiger partial charge in [0.2, 0.25) is 0 Å². The van der Waals surface area contributed by atoms with Crippen LogP contribution in [0, 0.1) is 11.8 Å². The van der Waals surface area contributed by atoms with E-state index in [1.165, 1.54) is 19.6 Å². The number of ether oxygens (including phenoxy) is 1. The second-order valence-corrected chi connectivity index (χ2v) is 5.51. The Hall–Kier alpha value is -1.42. The van der Waals surface area contributed by atoms with E-state index in [2.05, 4.69) is 5.32 Å². The Bertz CT molecular complexity index is 478. The highest BCUT2D eigenvalue weighted by Gasteiger charge is 2.27. The molecule has 0 aromatic heterocycles. The molecule has 2 unspecified atom stereocenters. The van der Waals surface area contributed by atoms with Crippen LogP contribution in [0.5, 0.6) is 11.5 Å². The second kappa shape index (κ2) is 6.84. The molecular weight excluding hydrogens is 278 g/mol. The second-order valence-electron chi connectivity index (χ2n) is 5.20. The number of rotatable bonds is 5. The van der Waals surface area contributed by atoms with Crippen molar-refractivity contribution >= 4 is 17.5 Å². The van der Waals surface area contributed by atoms with Crippen LogP contribution >= 0.6 is 11.6 Å². The minimum atomic E-state index is -0.259. The topological polar surface area (TPSA) is 58.6 Å². The molecule has 2 rings (SSSR count). The number of carbonyl (C=O) groups excluding carboxylic acids is 1. The maximum Gasteiger partial charge on any atom is 0.255 e. The number of hydrogen-bond acceptors (Lipinski definition) is 3. The first-order valence-electron chi connectivity index (χ1n) is 6.87. The zero-order chi connectivity index (χ0) is 14.5. The molecule has 0 saturated heterocycles. The summed E-state index contributed by atoms with van der Waals surface area (Å²) in [6.07, 6.45) is 3.41. The monoisotopic (exact) mass is 297 g/mol. The van der Waals surface area contributed by atoms with Crippen LogP contribution in [0.25, 0.3) is 0 Å². The van der Waals surface area contributed by atoms with Gasteiger partial charge in [-0.15, -0.1) is 11.6 Å². The molecule has 1 aromatic carbocycles. The van der Waals surface area contributed by atoms with E-state index in [-0.39, 0.29) is 17.2 Å². The van der Waals surface area contributed by atoms with Crippen LogP contribution in [0.2, 0.25) is 0 Å². The van der Waals surface area contributed by atoms with Crippen LogP contribution in [0.3, 0.4) is 0 Å². The number of alkyl halides is 1. The van der Waals surface area contributed by atoms with E-state index in [4.69, 9.17) is 16.3 Å². The molecule has 0 aliphatic heterocycles. The number of nitrogens with one attached hydrogen (secondary N) is 1. The third-order valence-electron chi connectivity index (χ3n) is 3.99. The summed E-state index contributed by atoms with van der Waals surface area (Å²) in [7, 11) is 1.51. The summed E-state index contributed by atoms with van der Waals surface area (Å²) < 4.78 is 4.99. The Morgan fingerprint density at radius 3 is 2.85 bits per heavy atom. The lowest BCUT2D eigenvalue weighted by atomic mass is 9.98. The third kappa shape index (κ3) is 3.37. The smallest absolute Gasteiger partial charge is 0.255 e. The van der Waals surface area contributed by atoms with Gasteiger partial charge in [0.25, 0.3) is 5.91 Å². The molecule has 4 nitrogen and oxygen atoms in total. The number of benzene rings is 1. The fourth-order valence-electron chi connectivity index (χ4n) is 2.73. The van der Waals surface area contributed by atoms with Crippen LogP contribution in [0.4, 0.5) is 0 Å². The van der Waals surface area contributed by atoms with Crippen molar-refractivity contribution < 1.29 is 14.6 Å². The highest BCUT2D eigenvalue weighted by Crippen LogP contribution is 2.32. The zero-order valence-electron chi connectivity index (χ0n) is 11.6. The molecule has 0 heterocycles. The van der Waals surface area contributed by atoms with Crippen molar-refractivity contribution in [3.8, 4) is 11.5 Å². The number of hydrogen-bond donors (Lipinski definition) is 2. The quantitative estimate of drug-likeness (QED) is 0.822. The summed E-state index contributed by atoms with van der Waals surface area (Å²) in [5.74, 6) is 1.77. The Morgan fingerprint density at radius 2 is 2.20 bits per heavy atom. The number of phenolic OH excluding ortho intramolecular Hbond substituents is 1. The lowest BCUT2D eigenvalue weighted by molar-refractivity contribution is 0.0942. The molecule has 0 radical (unpaired) electrons. The van der Waals surface area contributed by atoms with Crippen LogP contribution in [0.15, 0.2) is 18.2 Å². The first kappa shape index (κ1) is 15.0. The predicted octanol–water partition coefficient (Wildman–Crippen LogP) is 2.79. The molecule has 1 fully saturated rings. The largest absolute Gasteiger partial charge is 0.507 e. The summed E-state index contributed by atoms with van der Waals surface area (Å²) >= 11 is 5.93. The number of carbonyl (C=O) groups is 1. The SMILES string of the molecule is COc1ccc(C(=O)NCC2CCCC2CCl)c(O)c1. The van der Waals surface area contributed by atoms with Crippen molar-refractivity contribution in [2.75, 3.05) is 19.5 Å². The molecule has 0 bridgehead atoms. The Morgan fingerprint density at radius 1 is 1.45 bits per heavy atom. The van der Waals surface area contributed by atoms with E-state index < -0.39 is 0 Å². The molecule has 20 heavy (non-hydrogen) atoms. The maximum atomic E-state index is 12.1. The molecule has 0 spiro atoms. The molecule has 1 aromatic rings. The van der Waals surface area contributed by atoms with Crippen LogP contribution in [0.1, 0.15) is 29.6 Å². The van der Waals surface area contributed by atoms with Crippen LogP contribution in [-0.2, 0) is 0 Å². The van der Waals surface area contributed by atoms with E-state index in [9.17, 15) is 9.90 Å². The molecule has 1 saturated carbocycles. The number of amides is 1. The van der Waals surface area contributed by atoms with Crippen molar-refractivity contribution in [1.29, 1.82) is 0 Å². The molecule has 1 aliphatic carbocycles. The van der Waals surface area contributed by atoms with E-state index in [1.807, 2.05) is 0 Å². The van der Waals surface area contributed by atoms with Gasteiger partial charge in [0, 0.05) is 18.5 Å². The lowest BCUT2D eigenvalue weighted by Gasteiger charge is -2.17. The zero-order valence-corrected chi connectivity index (χ0v) is 12.3. The average Bonchev–Trinajstić information content (AvgIpc) is 2.92. The lowest BCUT2D eigenvalue weighted by Crippen LogP contribution is -2.31. The van der Waals surface area contributed by atoms with E-state index in [0.29, 0.717) is 30.0 Å². The first-order chi connectivity index (χ1) is 9.65. The van der Waals surface area contributed by atoms with Crippen molar-refractivity contribution in [1.82, 2.24) is 5.32 Å². The Balaban J connectivity index is 1.95. The van der Waals surface area contributed by atoms with Gasteiger partial charge in [0.05, 0.1) is 12.7 Å². The summed E-state index contributed by atoms with van der Waals surface area (Å²) in [5.41, 5.74) is 0.270. The summed E-state index contributed by atoms with van der Waals surface area (Å²) in [4.78, 5) is 12.1. The maximum absolute atomic E-state index is 12.1. The minimum Gasteiger partial charge on any atom is -0.507 e. The summed E-state index contributed by atoms with van der Waals surface area (Å²) in [6, 6.07) is 4.66. The fourth-order valence-corrected chi connectivity index (χ4v) is 3.14. The predicted molar refractivity (Wildman–Crippen MR) is 78.5 cm³/mol. The fraction of sp³-hybridized carbons (Fsp3) is 0.533. The molecule has 110 valence electrons. The molecule has 2 N–H and O–H groups in total. The van der Waals surface area contributed by atoms with Crippen molar-refractivity contribution in [2.45, 2.75) is 19.3 Å². The van der Waals surface area contributed by atoms with E-state index >= 15 is 0 Å². The van der Waals surface area contributed by atoms with Crippen molar-refractivity contribution in [2.24, 2.45) is 11.8 Å². The Kier molecular flexibility index (Phi) is 5.12. The Labute approximate surface area is 124 Å². The molecule has 1 aliphatic rings. The van der Waals surface area contributed by atoms with Gasteiger partial charge in [-0.25, -0.2) is 0 Å². The number of aromatic hydroxyl groups is 1. The van der Waals surface area contributed by atoms with Crippen molar-refractivity contribution in [3.05, 3.63) is 23.8 Å². The van der Waals surface area contributed by atoms with Gasteiger partial charge < -0.3 is 15.2 Å². The van der Waals surface area contributed by atoms with Gasteiger partial charge in [-0.3, -0.25) is 4.79 Å². The first-order valence-corrected chi connectivity index (χ1v) is 7.40. The van der Waals surface area contributed by atoms with Crippen molar-refractivity contribution in [3.63, 3.8) is 0 Å². The van der Waals surface area contributed by atoms with Gasteiger partial charge in [0.15, 0.2) is 0 Å². The minimum absolute atomic E-state index is 0.0674. The standard InChI is InChI=1S/C15H20ClNO3/c1-20-12-5-6-13(14(18)7-12)15(19)17-9-11-4-2-3-10(11)8-16/h5-7,10-11,18H,2-4,8-9H2,1H3,(H,17,19). The normalized spacial score (nSPS) is 21.7. The molecule has 2 atom stereocenters.